The number of amides is 1. The first-order valence-electron chi connectivity index (χ1n) is 10.2. The Kier molecular flexibility index (Phi) is 7.15. The van der Waals surface area contributed by atoms with Gasteiger partial charge in [-0.15, -0.1) is 0 Å². The number of pyridine rings is 1. The summed E-state index contributed by atoms with van der Waals surface area (Å²) in [6, 6.07) is 13.8. The lowest BCUT2D eigenvalue weighted by atomic mass is 9.94. The molecule has 3 aromatic rings. The smallest absolute Gasteiger partial charge is 0.274 e. The molecule has 0 aliphatic carbocycles. The molecule has 0 atom stereocenters. The number of aromatic nitrogens is 1. The van der Waals surface area contributed by atoms with Gasteiger partial charge in [-0.2, -0.15) is 0 Å². The van der Waals surface area contributed by atoms with E-state index in [4.69, 9.17) is 0 Å². The normalized spacial score (nSPS) is 10.6. The Morgan fingerprint density at radius 3 is 2.26 bits per heavy atom. The van der Waals surface area contributed by atoms with Crippen LogP contribution >= 0.6 is 0 Å². The lowest BCUT2D eigenvalue weighted by Gasteiger charge is -2.16. The monoisotopic (exact) mass is 416 g/mol. The summed E-state index contributed by atoms with van der Waals surface area (Å²) in [4.78, 5) is 27.6. The van der Waals surface area contributed by atoms with Gasteiger partial charge in [-0.3, -0.25) is 9.78 Å². The maximum Gasteiger partial charge on any atom is 0.274 e. The molecule has 0 radical (unpaired) electrons. The molecule has 3 rings (SSSR count). The minimum atomic E-state index is -0.253. The van der Waals surface area contributed by atoms with Crippen LogP contribution in [-0.2, 0) is 11.3 Å². The van der Waals surface area contributed by atoms with Gasteiger partial charge in [0.15, 0.2) is 0 Å². The second kappa shape index (κ2) is 10.00. The number of rotatable bonds is 8. The molecule has 0 aliphatic heterocycles. The topological polar surface area (TPSA) is 83.1 Å². The number of hydrogen-bond donors (Lipinski definition) is 3. The Labute approximate surface area is 183 Å². The van der Waals surface area contributed by atoms with Gasteiger partial charge in [-0.05, 0) is 72.4 Å². The molecule has 0 spiro atoms. The van der Waals surface area contributed by atoms with E-state index in [2.05, 4.69) is 40.0 Å². The third kappa shape index (κ3) is 4.98. The predicted octanol–water partition coefficient (Wildman–Crippen LogP) is 4.26. The number of nitrogens with zero attached hydrogens (tertiary/aromatic N) is 1. The highest BCUT2D eigenvalue weighted by atomic mass is 16.1. The highest BCUT2D eigenvalue weighted by Gasteiger charge is 2.14. The third-order valence-electron chi connectivity index (χ3n) is 5.47. The highest BCUT2D eigenvalue weighted by molar-refractivity contribution is 6.04. The Morgan fingerprint density at radius 2 is 1.65 bits per heavy atom. The molecule has 6 heteroatoms. The molecule has 1 heterocycles. The first-order chi connectivity index (χ1) is 15.0. The van der Waals surface area contributed by atoms with Gasteiger partial charge in [-0.1, -0.05) is 24.3 Å². The van der Waals surface area contributed by atoms with E-state index >= 15 is 0 Å². The molecule has 0 saturated heterocycles. The van der Waals surface area contributed by atoms with E-state index in [0.717, 1.165) is 51.0 Å². The van der Waals surface area contributed by atoms with Crippen LogP contribution < -0.4 is 16.0 Å². The first kappa shape index (κ1) is 22.2. The number of benzene rings is 2. The van der Waals surface area contributed by atoms with Crippen LogP contribution in [0.3, 0.4) is 0 Å². The average Bonchev–Trinajstić information content (AvgIpc) is 2.77. The van der Waals surface area contributed by atoms with Gasteiger partial charge < -0.3 is 20.7 Å². The molecule has 31 heavy (non-hydrogen) atoms. The van der Waals surface area contributed by atoms with Gasteiger partial charge in [0.2, 0.25) is 0 Å². The summed E-state index contributed by atoms with van der Waals surface area (Å²) in [6.45, 7) is 6.85. The number of carbonyl (C=O) groups is 2. The summed E-state index contributed by atoms with van der Waals surface area (Å²) in [7, 11) is 1.91. The summed E-state index contributed by atoms with van der Waals surface area (Å²) in [5, 5.41) is 9.23. The third-order valence-corrected chi connectivity index (χ3v) is 5.47. The molecular weight excluding hydrogens is 388 g/mol. The Morgan fingerprint density at radius 1 is 1.00 bits per heavy atom. The molecule has 160 valence electrons. The zero-order valence-electron chi connectivity index (χ0n) is 18.4. The van der Waals surface area contributed by atoms with E-state index in [1.165, 1.54) is 0 Å². The van der Waals surface area contributed by atoms with Gasteiger partial charge in [-0.25, -0.2) is 0 Å². The first-order valence-corrected chi connectivity index (χ1v) is 10.2. The molecule has 6 nitrogen and oxygen atoms in total. The fraction of sp³-hybridized carbons (Fsp3) is 0.240. The second-order valence-corrected chi connectivity index (χ2v) is 7.45. The zero-order chi connectivity index (χ0) is 22.4. The van der Waals surface area contributed by atoms with Gasteiger partial charge in [0.05, 0.1) is 6.54 Å². The zero-order valence-corrected chi connectivity index (χ0v) is 18.4. The van der Waals surface area contributed by atoms with Crippen molar-refractivity contribution in [1.82, 2.24) is 10.3 Å². The summed E-state index contributed by atoms with van der Waals surface area (Å²) in [5.74, 6) is -0.253. The predicted molar refractivity (Wildman–Crippen MR) is 126 cm³/mol. The van der Waals surface area contributed by atoms with Crippen LogP contribution in [0.2, 0.25) is 0 Å². The SMILES string of the molecule is CNc1cccc(-c2cccc(NC(=O)c3cc(C)c(CNCC=O)cn3)c2C)c1C. The van der Waals surface area contributed by atoms with Gasteiger partial charge >= 0.3 is 0 Å². The van der Waals surface area contributed by atoms with Crippen molar-refractivity contribution in [2.24, 2.45) is 0 Å². The summed E-state index contributed by atoms with van der Waals surface area (Å²) in [6.07, 6.45) is 2.50. The number of nitrogens with one attached hydrogen (secondary N) is 3. The van der Waals surface area contributed by atoms with Gasteiger partial charge in [0, 0.05) is 31.2 Å². The average molecular weight is 417 g/mol. The minimum Gasteiger partial charge on any atom is -0.388 e. The molecule has 1 aromatic heterocycles. The molecule has 0 fully saturated rings. The van der Waals surface area contributed by atoms with Crippen molar-refractivity contribution >= 4 is 23.6 Å². The largest absolute Gasteiger partial charge is 0.388 e. The standard InChI is InChI=1S/C25H28N4O2/c1-16-13-24(28-15-19(16)14-27-11-12-30)25(31)29-23-10-6-8-21(18(23)3)20-7-5-9-22(26-4)17(20)2/h5-10,12-13,15,26-27H,11,14H2,1-4H3,(H,29,31). The van der Waals surface area contributed by atoms with E-state index < -0.39 is 0 Å². The molecule has 0 saturated carbocycles. The fourth-order valence-electron chi connectivity index (χ4n) is 3.61. The van der Waals surface area contributed by atoms with Crippen molar-refractivity contribution in [3.8, 4) is 11.1 Å². The quantitative estimate of drug-likeness (QED) is 0.378. The van der Waals surface area contributed by atoms with E-state index in [-0.39, 0.29) is 12.5 Å². The van der Waals surface area contributed by atoms with Crippen LogP contribution in [-0.4, -0.2) is 30.8 Å². The van der Waals surface area contributed by atoms with Crippen LogP contribution in [0.4, 0.5) is 11.4 Å². The number of aryl methyl sites for hydroxylation is 1. The molecule has 3 N–H and O–H groups in total. The number of carbonyl (C=O) groups excluding carboxylic acids is 2. The van der Waals surface area contributed by atoms with Crippen LogP contribution in [0.25, 0.3) is 11.1 Å². The minimum absolute atomic E-state index is 0.253. The second-order valence-electron chi connectivity index (χ2n) is 7.45. The van der Waals surface area contributed by atoms with Crippen molar-refractivity contribution in [2.75, 3.05) is 24.2 Å². The maximum atomic E-state index is 12.9. The van der Waals surface area contributed by atoms with E-state index in [9.17, 15) is 9.59 Å². The molecule has 0 bridgehead atoms. The number of aldehydes is 1. The summed E-state index contributed by atoms with van der Waals surface area (Å²) in [5.41, 5.74) is 8.46. The molecule has 0 aliphatic rings. The van der Waals surface area contributed by atoms with E-state index in [1.807, 2.05) is 45.2 Å². The molecular formula is C25H28N4O2. The van der Waals surface area contributed by atoms with Gasteiger partial charge in [0.1, 0.15) is 12.0 Å². The van der Waals surface area contributed by atoms with E-state index in [0.29, 0.717) is 12.2 Å². The fourth-order valence-corrected chi connectivity index (χ4v) is 3.61. The van der Waals surface area contributed by atoms with Crippen LogP contribution in [0.5, 0.6) is 0 Å². The van der Waals surface area contributed by atoms with Crippen LogP contribution in [0.1, 0.15) is 32.7 Å². The van der Waals surface area contributed by atoms with E-state index in [1.54, 1.807) is 12.3 Å². The lowest BCUT2D eigenvalue weighted by Crippen LogP contribution is -2.18. The van der Waals surface area contributed by atoms with Crippen molar-refractivity contribution < 1.29 is 9.59 Å². The highest BCUT2D eigenvalue weighted by Crippen LogP contribution is 2.33. The Bertz CT molecular complexity index is 1110. The molecule has 1 amide bonds. The van der Waals surface area contributed by atoms with Crippen LogP contribution in [0.15, 0.2) is 48.7 Å². The Balaban J connectivity index is 1.84. The summed E-state index contributed by atoms with van der Waals surface area (Å²) >= 11 is 0. The van der Waals surface area contributed by atoms with Crippen molar-refractivity contribution in [1.29, 1.82) is 0 Å². The van der Waals surface area contributed by atoms with Crippen molar-refractivity contribution in [3.63, 3.8) is 0 Å². The Hall–Kier alpha value is -3.51. The maximum absolute atomic E-state index is 12.9. The summed E-state index contributed by atoms with van der Waals surface area (Å²) < 4.78 is 0. The van der Waals surface area contributed by atoms with Crippen molar-refractivity contribution in [3.05, 3.63) is 76.6 Å². The van der Waals surface area contributed by atoms with Gasteiger partial charge in [0.25, 0.3) is 5.91 Å². The van der Waals surface area contributed by atoms with Crippen LogP contribution in [0, 0.1) is 20.8 Å². The number of hydrogen-bond acceptors (Lipinski definition) is 5. The molecule has 2 aromatic carbocycles. The molecule has 0 unspecified atom stereocenters. The van der Waals surface area contributed by atoms with Crippen molar-refractivity contribution in [2.45, 2.75) is 27.3 Å². The number of anilines is 2. The lowest BCUT2D eigenvalue weighted by molar-refractivity contribution is -0.107.